The molecule has 0 bridgehead atoms. The average Bonchev–Trinajstić information content (AvgIpc) is 3.11. The smallest absolute Gasteiger partial charge is 0.239 e. The Balaban J connectivity index is 1.46. The van der Waals surface area contributed by atoms with Gasteiger partial charge in [0.1, 0.15) is 89.3 Å². The van der Waals surface area contributed by atoms with Gasteiger partial charge in [-0.05, 0) is 24.3 Å². The van der Waals surface area contributed by atoms with Crippen LogP contribution in [0.1, 0.15) is 0 Å². The molecule has 12 N–H and O–H groups in total. The fourth-order valence-electron chi connectivity index (χ4n) is 6.12. The van der Waals surface area contributed by atoms with E-state index in [9.17, 15) is 66.1 Å². The molecular formula is C32H38O20. The number of ether oxygens (including phenoxy) is 6. The topological polar surface area (TPSA) is 328 Å². The minimum absolute atomic E-state index is 0.110. The predicted octanol–water partition coefficient (Wildman–Crippen LogP) is -3.96. The number of phenols is 3. The van der Waals surface area contributed by atoms with Crippen molar-refractivity contribution in [2.75, 3.05) is 19.8 Å². The Labute approximate surface area is 292 Å². The molecule has 20 nitrogen and oxygen atoms in total. The number of aliphatic hydroxyl groups is 9. The summed E-state index contributed by atoms with van der Waals surface area (Å²) in [4.78, 5) is 14.1. The number of phenolic OH excluding ortho intramolecular Hbond substituents is 3. The molecule has 52 heavy (non-hydrogen) atoms. The third-order valence-electron chi connectivity index (χ3n) is 8.96. The highest BCUT2D eigenvalue weighted by Crippen LogP contribution is 2.39. The van der Waals surface area contributed by atoms with Crippen LogP contribution in [0, 0.1) is 0 Å². The second-order valence-electron chi connectivity index (χ2n) is 12.5. The third-order valence-corrected chi connectivity index (χ3v) is 8.96. The van der Waals surface area contributed by atoms with Gasteiger partial charge >= 0.3 is 0 Å². The normalized spacial score (nSPS) is 36.9. The Hall–Kier alpha value is -3.71. The summed E-state index contributed by atoms with van der Waals surface area (Å²) in [6.45, 7) is -2.35. The predicted molar refractivity (Wildman–Crippen MR) is 167 cm³/mol. The van der Waals surface area contributed by atoms with E-state index in [1.54, 1.807) is 0 Å². The maximum Gasteiger partial charge on any atom is 0.239 e. The molecule has 2 aromatic carbocycles. The van der Waals surface area contributed by atoms with E-state index >= 15 is 0 Å². The largest absolute Gasteiger partial charge is 0.508 e. The van der Waals surface area contributed by atoms with Gasteiger partial charge in [0.05, 0.1) is 19.8 Å². The standard InChI is InChI=1S/C32H38O20/c33-7-16-20(40)23(43)25(45)31(48-16)50-27-21(41)17(8-34)49-32(29(27)52-30-24(44)19(39)14(38)9-46-30)51-28-22(42)18-13(37)5-12(36)6-15(18)47-26(28)10-1-3-11(35)4-2-10/h1-6,14,16-17,19-21,23-25,27,29-41,43-45H,7-9H2/t14-,16-,17-,19+,20-,21-,23+,24-,25-,27+,29-,30+,31+,32+/m1/s1. The van der Waals surface area contributed by atoms with Crippen LogP contribution >= 0.6 is 0 Å². The highest BCUT2D eigenvalue weighted by atomic mass is 16.8. The summed E-state index contributed by atoms with van der Waals surface area (Å²) in [5.41, 5.74) is -1.23. The fourth-order valence-corrected chi connectivity index (χ4v) is 6.12. The molecule has 0 spiro atoms. The molecule has 14 atom stereocenters. The highest BCUT2D eigenvalue weighted by Gasteiger charge is 2.54. The molecule has 1 aromatic heterocycles. The number of aliphatic hydroxyl groups excluding tert-OH is 9. The van der Waals surface area contributed by atoms with Crippen LogP contribution in [-0.2, 0) is 23.7 Å². The van der Waals surface area contributed by atoms with Crippen molar-refractivity contribution >= 4 is 11.0 Å². The number of hydrogen-bond donors (Lipinski definition) is 12. The number of fused-ring (bicyclic) bond motifs is 1. The van der Waals surface area contributed by atoms with Gasteiger partial charge in [-0.1, -0.05) is 0 Å². The van der Waals surface area contributed by atoms with E-state index in [1.807, 2.05) is 0 Å². The van der Waals surface area contributed by atoms with Gasteiger partial charge < -0.3 is 94.1 Å². The highest BCUT2D eigenvalue weighted by molar-refractivity contribution is 5.88. The summed E-state index contributed by atoms with van der Waals surface area (Å²) in [5, 5.41) is 124. The summed E-state index contributed by atoms with van der Waals surface area (Å²) in [5.74, 6) is -2.40. The van der Waals surface area contributed by atoms with E-state index in [4.69, 9.17) is 32.8 Å². The van der Waals surface area contributed by atoms with Crippen molar-refractivity contribution < 1.29 is 94.1 Å². The second kappa shape index (κ2) is 15.3. The van der Waals surface area contributed by atoms with Gasteiger partial charge in [-0.2, -0.15) is 0 Å². The van der Waals surface area contributed by atoms with E-state index in [1.165, 1.54) is 24.3 Å². The second-order valence-corrected chi connectivity index (χ2v) is 12.5. The van der Waals surface area contributed by atoms with E-state index in [0.717, 1.165) is 12.1 Å². The van der Waals surface area contributed by atoms with E-state index in [0.29, 0.717) is 0 Å². The summed E-state index contributed by atoms with van der Waals surface area (Å²) in [7, 11) is 0. The summed E-state index contributed by atoms with van der Waals surface area (Å²) in [6.07, 6.45) is -25.6. The first-order chi connectivity index (χ1) is 24.7. The summed E-state index contributed by atoms with van der Waals surface area (Å²) in [6, 6.07) is 7.05. The van der Waals surface area contributed by atoms with Crippen LogP contribution in [0.15, 0.2) is 45.6 Å². The first-order valence-corrected chi connectivity index (χ1v) is 15.9. The molecule has 0 amide bonds. The van der Waals surface area contributed by atoms with Gasteiger partial charge in [-0.15, -0.1) is 0 Å². The quantitative estimate of drug-likeness (QED) is 0.0995. The molecule has 4 heterocycles. The van der Waals surface area contributed by atoms with Crippen LogP contribution in [-0.4, -0.2) is 167 Å². The summed E-state index contributed by atoms with van der Waals surface area (Å²) >= 11 is 0. The van der Waals surface area contributed by atoms with E-state index in [2.05, 4.69) is 0 Å². The number of hydrogen-bond acceptors (Lipinski definition) is 20. The zero-order chi connectivity index (χ0) is 37.6. The van der Waals surface area contributed by atoms with Gasteiger partial charge in [0, 0.05) is 17.7 Å². The molecule has 20 heteroatoms. The lowest BCUT2D eigenvalue weighted by molar-refractivity contribution is -0.378. The zero-order valence-corrected chi connectivity index (χ0v) is 26.8. The molecule has 3 aliphatic rings. The first-order valence-electron chi connectivity index (χ1n) is 15.9. The third kappa shape index (κ3) is 7.14. The Morgan fingerprint density at radius 1 is 0.673 bits per heavy atom. The van der Waals surface area contributed by atoms with Crippen LogP contribution < -0.4 is 10.2 Å². The van der Waals surface area contributed by atoms with Gasteiger partial charge in [-0.3, -0.25) is 4.79 Å². The van der Waals surface area contributed by atoms with Crippen molar-refractivity contribution in [1.82, 2.24) is 0 Å². The maximum absolute atomic E-state index is 14.1. The minimum atomic E-state index is -2.01. The molecule has 6 rings (SSSR count). The molecule has 3 aromatic rings. The lowest BCUT2D eigenvalue weighted by Crippen LogP contribution is -2.67. The maximum atomic E-state index is 14.1. The van der Waals surface area contributed by atoms with Crippen molar-refractivity contribution in [1.29, 1.82) is 0 Å². The number of aromatic hydroxyl groups is 3. The molecule has 0 unspecified atom stereocenters. The molecule has 3 aliphatic heterocycles. The Morgan fingerprint density at radius 2 is 1.29 bits per heavy atom. The van der Waals surface area contributed by atoms with Crippen molar-refractivity contribution in [3.8, 4) is 34.3 Å². The Bertz CT molecular complexity index is 1750. The minimum Gasteiger partial charge on any atom is -0.508 e. The van der Waals surface area contributed by atoms with Crippen LogP contribution in [0.25, 0.3) is 22.3 Å². The number of benzene rings is 2. The molecule has 3 saturated heterocycles. The van der Waals surface area contributed by atoms with Crippen LogP contribution in [0.2, 0.25) is 0 Å². The van der Waals surface area contributed by atoms with E-state index < -0.39 is 134 Å². The molecule has 0 aliphatic carbocycles. The van der Waals surface area contributed by atoms with Crippen molar-refractivity contribution in [2.45, 2.75) is 86.0 Å². The van der Waals surface area contributed by atoms with Gasteiger partial charge in [-0.25, -0.2) is 0 Å². The fraction of sp³-hybridized carbons (Fsp3) is 0.531. The van der Waals surface area contributed by atoms with E-state index in [-0.39, 0.29) is 22.7 Å². The Kier molecular flexibility index (Phi) is 11.2. The van der Waals surface area contributed by atoms with Gasteiger partial charge in [0.2, 0.25) is 17.5 Å². The zero-order valence-electron chi connectivity index (χ0n) is 26.8. The van der Waals surface area contributed by atoms with Crippen LogP contribution in [0.3, 0.4) is 0 Å². The Morgan fingerprint density at radius 3 is 1.96 bits per heavy atom. The van der Waals surface area contributed by atoms with Crippen molar-refractivity contribution in [2.24, 2.45) is 0 Å². The molecule has 286 valence electrons. The monoisotopic (exact) mass is 742 g/mol. The molecule has 0 radical (unpaired) electrons. The SMILES string of the molecule is O=c1c(O[C@@H]2O[C@H](CO)[C@@H](O)[C@H](O[C@@H]3O[C@H](CO)[C@@H](O)[C@H](O)[C@H]3O)[C@H]2O[C@@H]2OC[C@@H](O)[C@H](O)[C@H]2O)c(-c2ccc(O)cc2)oc2cc(O)cc(O)c12. The van der Waals surface area contributed by atoms with Crippen LogP contribution in [0.4, 0.5) is 0 Å². The molecule has 0 saturated carbocycles. The number of rotatable bonds is 9. The van der Waals surface area contributed by atoms with Crippen molar-refractivity contribution in [3.63, 3.8) is 0 Å². The van der Waals surface area contributed by atoms with Crippen LogP contribution in [0.5, 0.6) is 23.0 Å². The lowest BCUT2D eigenvalue weighted by Gasteiger charge is -2.48. The van der Waals surface area contributed by atoms with Gasteiger partial charge in [0.25, 0.3) is 0 Å². The molecule has 3 fully saturated rings. The average molecular weight is 743 g/mol. The molecular weight excluding hydrogens is 704 g/mol. The lowest BCUT2D eigenvalue weighted by atomic mass is 9.96. The van der Waals surface area contributed by atoms with Crippen molar-refractivity contribution in [3.05, 3.63) is 46.6 Å². The van der Waals surface area contributed by atoms with Gasteiger partial charge in [0.15, 0.2) is 24.4 Å². The summed E-state index contributed by atoms with van der Waals surface area (Å²) < 4.78 is 40.4. The first kappa shape index (κ1) is 38.0.